The highest BCUT2D eigenvalue weighted by molar-refractivity contribution is 9.10. The van der Waals surface area contributed by atoms with Crippen molar-refractivity contribution in [3.63, 3.8) is 0 Å². The lowest BCUT2D eigenvalue weighted by atomic mass is 9.93. The predicted octanol–water partition coefficient (Wildman–Crippen LogP) is 3.43. The Hall–Kier alpha value is -2.31. The van der Waals surface area contributed by atoms with Gasteiger partial charge in [0.25, 0.3) is 5.56 Å². The molecule has 0 aromatic carbocycles. The van der Waals surface area contributed by atoms with Gasteiger partial charge in [-0.05, 0) is 40.9 Å². The van der Waals surface area contributed by atoms with E-state index in [0.29, 0.717) is 27.4 Å². The smallest absolute Gasteiger partial charge is 0.272 e. The number of nitriles is 1. The van der Waals surface area contributed by atoms with Gasteiger partial charge in [0, 0.05) is 13.1 Å². The molecule has 3 rings (SSSR count). The first-order valence-electron chi connectivity index (χ1n) is 8.38. The second kappa shape index (κ2) is 7.29. The number of rotatable bonds is 3. The lowest BCUT2D eigenvalue weighted by Crippen LogP contribution is -2.36. The number of fused-ring (bicyclic) bond motifs is 1. The van der Waals surface area contributed by atoms with E-state index in [1.807, 2.05) is 13.1 Å². The van der Waals surface area contributed by atoms with Crippen molar-refractivity contribution >= 4 is 32.7 Å². The van der Waals surface area contributed by atoms with Gasteiger partial charge in [-0.3, -0.25) is 9.36 Å². The fourth-order valence-electron chi connectivity index (χ4n) is 3.63. The Bertz CT molecular complexity index is 945. The van der Waals surface area contributed by atoms with Crippen LogP contribution in [0.5, 0.6) is 0 Å². The molecular formula is C19H19BrN4O. The highest BCUT2D eigenvalue weighted by Gasteiger charge is 2.26. The quantitative estimate of drug-likeness (QED) is 0.586. The van der Waals surface area contributed by atoms with Gasteiger partial charge in [0.2, 0.25) is 0 Å². The SMILES string of the molecule is C#CCn1c(=O)c(C#N)c(N(C)C2CCCCC2)c2nc(Br)ccc21. The first kappa shape index (κ1) is 17.5. The Morgan fingerprint density at radius 3 is 2.76 bits per heavy atom. The van der Waals surface area contributed by atoms with E-state index in [0.717, 1.165) is 12.8 Å². The third-order valence-electron chi connectivity index (χ3n) is 4.89. The average molecular weight is 399 g/mol. The molecular weight excluding hydrogens is 380 g/mol. The summed E-state index contributed by atoms with van der Waals surface area (Å²) in [6, 6.07) is 6.01. The third kappa shape index (κ3) is 3.15. The van der Waals surface area contributed by atoms with Gasteiger partial charge >= 0.3 is 0 Å². The molecule has 0 unspecified atom stereocenters. The molecule has 2 heterocycles. The summed E-state index contributed by atoms with van der Waals surface area (Å²) in [6.07, 6.45) is 11.1. The van der Waals surface area contributed by atoms with Crippen LogP contribution in [0.2, 0.25) is 0 Å². The first-order chi connectivity index (χ1) is 12.1. The molecule has 0 atom stereocenters. The van der Waals surface area contributed by atoms with Gasteiger partial charge in [-0.1, -0.05) is 25.2 Å². The third-order valence-corrected chi connectivity index (χ3v) is 5.33. The van der Waals surface area contributed by atoms with E-state index in [1.165, 1.54) is 23.8 Å². The van der Waals surface area contributed by atoms with Gasteiger partial charge in [-0.15, -0.1) is 6.42 Å². The molecule has 1 aliphatic rings. The molecule has 0 bridgehead atoms. The zero-order valence-electron chi connectivity index (χ0n) is 14.1. The molecule has 1 fully saturated rings. The Morgan fingerprint density at radius 1 is 1.40 bits per heavy atom. The molecule has 1 aliphatic carbocycles. The van der Waals surface area contributed by atoms with E-state index in [9.17, 15) is 10.1 Å². The molecule has 0 saturated heterocycles. The van der Waals surface area contributed by atoms with Crippen molar-refractivity contribution in [2.75, 3.05) is 11.9 Å². The summed E-state index contributed by atoms with van der Waals surface area (Å²) in [4.78, 5) is 19.5. The fraction of sp³-hybridized carbons (Fsp3) is 0.421. The van der Waals surface area contributed by atoms with E-state index < -0.39 is 0 Å². The molecule has 128 valence electrons. The number of terminal acetylenes is 1. The van der Waals surface area contributed by atoms with Crippen LogP contribution in [0, 0.1) is 23.7 Å². The van der Waals surface area contributed by atoms with Crippen LogP contribution in [0.4, 0.5) is 5.69 Å². The zero-order chi connectivity index (χ0) is 18.0. The van der Waals surface area contributed by atoms with Gasteiger partial charge in [0.1, 0.15) is 21.8 Å². The number of hydrogen-bond donors (Lipinski definition) is 0. The van der Waals surface area contributed by atoms with Gasteiger partial charge in [0.05, 0.1) is 17.7 Å². The first-order valence-corrected chi connectivity index (χ1v) is 9.17. The summed E-state index contributed by atoms with van der Waals surface area (Å²) in [5, 5.41) is 9.69. The maximum atomic E-state index is 12.9. The molecule has 6 heteroatoms. The molecule has 25 heavy (non-hydrogen) atoms. The van der Waals surface area contributed by atoms with Crippen molar-refractivity contribution in [3.8, 4) is 18.4 Å². The Labute approximate surface area is 155 Å². The average Bonchev–Trinajstić information content (AvgIpc) is 2.63. The second-order valence-electron chi connectivity index (χ2n) is 6.34. The van der Waals surface area contributed by atoms with Crippen LogP contribution in [0.15, 0.2) is 21.5 Å². The summed E-state index contributed by atoms with van der Waals surface area (Å²) < 4.78 is 2.11. The van der Waals surface area contributed by atoms with Crippen LogP contribution in [0.25, 0.3) is 11.0 Å². The van der Waals surface area contributed by atoms with E-state index in [4.69, 9.17) is 6.42 Å². The maximum absolute atomic E-state index is 12.9. The number of halogens is 1. The highest BCUT2D eigenvalue weighted by Crippen LogP contribution is 2.32. The molecule has 5 nitrogen and oxygen atoms in total. The Balaban J connectivity index is 2.31. The van der Waals surface area contributed by atoms with Gasteiger partial charge < -0.3 is 4.90 Å². The van der Waals surface area contributed by atoms with E-state index in [2.05, 4.69) is 37.8 Å². The summed E-state index contributed by atoms with van der Waals surface area (Å²) in [6.45, 7) is 0.112. The maximum Gasteiger partial charge on any atom is 0.272 e. The Morgan fingerprint density at radius 2 is 2.12 bits per heavy atom. The van der Waals surface area contributed by atoms with Gasteiger partial charge in [-0.25, -0.2) is 4.98 Å². The van der Waals surface area contributed by atoms with Crippen LogP contribution >= 0.6 is 15.9 Å². The monoisotopic (exact) mass is 398 g/mol. The largest absolute Gasteiger partial charge is 0.369 e. The standard InChI is InChI=1S/C19H19BrN4O/c1-3-11-24-15-9-10-16(20)22-17(15)18(14(12-21)19(24)25)23(2)13-7-5-4-6-8-13/h1,9-10,13H,4-8,11H2,2H3. The molecule has 0 aliphatic heterocycles. The summed E-state index contributed by atoms with van der Waals surface area (Å²) >= 11 is 3.40. The summed E-state index contributed by atoms with van der Waals surface area (Å²) in [7, 11) is 1.96. The number of aromatic nitrogens is 2. The van der Waals surface area contributed by atoms with Crippen LogP contribution in [-0.4, -0.2) is 22.6 Å². The lowest BCUT2D eigenvalue weighted by molar-refractivity contribution is 0.428. The molecule has 0 spiro atoms. The number of hydrogen-bond acceptors (Lipinski definition) is 4. The van der Waals surface area contributed by atoms with Crippen LogP contribution in [0.1, 0.15) is 37.7 Å². The molecule has 0 amide bonds. The number of pyridine rings is 2. The predicted molar refractivity (Wildman–Crippen MR) is 103 cm³/mol. The minimum atomic E-state index is -0.352. The molecule has 2 aromatic heterocycles. The lowest BCUT2D eigenvalue weighted by Gasteiger charge is -2.34. The van der Waals surface area contributed by atoms with E-state index >= 15 is 0 Å². The van der Waals surface area contributed by atoms with Crippen LogP contribution < -0.4 is 10.5 Å². The highest BCUT2D eigenvalue weighted by atomic mass is 79.9. The number of nitrogens with zero attached hydrogens (tertiary/aromatic N) is 4. The normalized spacial score (nSPS) is 14.9. The molecule has 2 aromatic rings. The van der Waals surface area contributed by atoms with Crippen molar-refractivity contribution in [3.05, 3.63) is 32.7 Å². The van der Waals surface area contributed by atoms with Crippen molar-refractivity contribution in [2.24, 2.45) is 0 Å². The minimum absolute atomic E-state index is 0.112. The van der Waals surface area contributed by atoms with Crippen LogP contribution in [-0.2, 0) is 6.54 Å². The van der Waals surface area contributed by atoms with Crippen molar-refractivity contribution in [2.45, 2.75) is 44.7 Å². The zero-order valence-corrected chi connectivity index (χ0v) is 15.7. The van der Waals surface area contributed by atoms with Crippen molar-refractivity contribution in [1.29, 1.82) is 5.26 Å². The molecule has 0 radical (unpaired) electrons. The van der Waals surface area contributed by atoms with Gasteiger partial charge in [-0.2, -0.15) is 5.26 Å². The van der Waals surface area contributed by atoms with Crippen molar-refractivity contribution < 1.29 is 0 Å². The Kier molecular flexibility index (Phi) is 5.11. The topological polar surface area (TPSA) is 61.9 Å². The summed E-state index contributed by atoms with van der Waals surface area (Å²) in [5.41, 5.74) is 1.66. The van der Waals surface area contributed by atoms with Crippen LogP contribution in [0.3, 0.4) is 0 Å². The summed E-state index contributed by atoms with van der Waals surface area (Å²) in [5.74, 6) is 2.50. The van der Waals surface area contributed by atoms with E-state index in [1.54, 1.807) is 6.07 Å². The van der Waals surface area contributed by atoms with Gasteiger partial charge in [0.15, 0.2) is 0 Å². The second-order valence-corrected chi connectivity index (χ2v) is 7.15. The molecule has 0 N–H and O–H groups in total. The fourth-order valence-corrected chi connectivity index (χ4v) is 3.94. The minimum Gasteiger partial charge on any atom is -0.369 e. The van der Waals surface area contributed by atoms with E-state index in [-0.39, 0.29) is 17.7 Å². The number of anilines is 1. The molecule has 1 saturated carbocycles. The van der Waals surface area contributed by atoms with Crippen molar-refractivity contribution in [1.82, 2.24) is 9.55 Å².